The Balaban J connectivity index is 3.56. The van der Waals surface area contributed by atoms with Crippen molar-refractivity contribution >= 4 is 12.1 Å². The Labute approximate surface area is 129 Å². The van der Waals surface area contributed by atoms with Crippen LogP contribution in [0, 0.1) is 0 Å². The molecular weight excluding hydrogens is 264 g/mol. The lowest BCUT2D eigenvalue weighted by Crippen LogP contribution is -2.19. The van der Waals surface area contributed by atoms with Crippen molar-refractivity contribution < 1.29 is 14.7 Å². The van der Waals surface area contributed by atoms with Gasteiger partial charge in [0.05, 0.1) is 0 Å². The maximum absolute atomic E-state index is 11.7. The molecule has 3 nitrogen and oxygen atoms in total. The summed E-state index contributed by atoms with van der Waals surface area (Å²) < 4.78 is 0. The number of ketones is 1. The molecular formula is C18H30O3. The first-order valence-corrected chi connectivity index (χ1v) is 8.16. The maximum Gasteiger partial charge on any atom is 0.164 e. The molecule has 0 aliphatic carbocycles. The Kier molecular flexibility index (Phi) is 14.3. The highest BCUT2D eigenvalue weighted by Gasteiger charge is 2.12. The summed E-state index contributed by atoms with van der Waals surface area (Å²) in [7, 11) is 0. The molecule has 0 bridgehead atoms. The molecule has 3 heteroatoms. The van der Waals surface area contributed by atoms with Crippen molar-refractivity contribution in [3.05, 3.63) is 24.3 Å². The quantitative estimate of drug-likeness (QED) is 0.297. The van der Waals surface area contributed by atoms with Crippen molar-refractivity contribution in [3.63, 3.8) is 0 Å². The first-order valence-electron chi connectivity index (χ1n) is 8.16. The van der Waals surface area contributed by atoms with Crippen LogP contribution in [0.25, 0.3) is 0 Å². The zero-order chi connectivity index (χ0) is 15.8. The summed E-state index contributed by atoms with van der Waals surface area (Å²) >= 11 is 0. The average Bonchev–Trinajstić information content (AvgIpc) is 2.49. The summed E-state index contributed by atoms with van der Waals surface area (Å²) in [6, 6.07) is 0. The molecule has 0 spiro atoms. The monoisotopic (exact) mass is 294 g/mol. The van der Waals surface area contributed by atoms with Gasteiger partial charge in [-0.15, -0.1) is 0 Å². The first kappa shape index (κ1) is 19.8. The standard InChI is InChI=1S/C18H30O3/c1-2-3-4-5-8-11-14-17(20)18(21)15-12-9-6-7-10-13-16-19/h3-4,8,11,16,18,21H,2,5-7,9-10,12-15H2,1H3/b4-3-,11-8-. The summed E-state index contributed by atoms with van der Waals surface area (Å²) in [6.07, 6.45) is 16.4. The summed E-state index contributed by atoms with van der Waals surface area (Å²) in [4.78, 5) is 21.8. The fraction of sp³-hybridized carbons (Fsp3) is 0.667. The largest absolute Gasteiger partial charge is 0.385 e. The molecule has 1 N–H and O–H groups in total. The van der Waals surface area contributed by atoms with E-state index in [-0.39, 0.29) is 5.78 Å². The van der Waals surface area contributed by atoms with E-state index in [9.17, 15) is 14.7 Å². The van der Waals surface area contributed by atoms with Crippen LogP contribution in [0.5, 0.6) is 0 Å². The van der Waals surface area contributed by atoms with Crippen LogP contribution in [0.4, 0.5) is 0 Å². The summed E-state index contributed by atoms with van der Waals surface area (Å²) in [6.45, 7) is 2.09. The van der Waals surface area contributed by atoms with Gasteiger partial charge in [-0.2, -0.15) is 0 Å². The van der Waals surface area contributed by atoms with Crippen molar-refractivity contribution in [2.24, 2.45) is 0 Å². The van der Waals surface area contributed by atoms with E-state index in [1.165, 1.54) is 0 Å². The highest BCUT2D eigenvalue weighted by atomic mass is 16.3. The molecule has 0 aromatic heterocycles. The number of carbonyl (C=O) groups is 2. The van der Waals surface area contributed by atoms with E-state index in [2.05, 4.69) is 19.1 Å². The molecule has 0 aliphatic heterocycles. The minimum atomic E-state index is -0.823. The fourth-order valence-corrected chi connectivity index (χ4v) is 2.03. The Morgan fingerprint density at radius 1 is 1.00 bits per heavy atom. The third-order valence-corrected chi connectivity index (χ3v) is 3.33. The maximum atomic E-state index is 11.7. The van der Waals surface area contributed by atoms with Crippen molar-refractivity contribution in [1.82, 2.24) is 0 Å². The van der Waals surface area contributed by atoms with Crippen molar-refractivity contribution in [3.8, 4) is 0 Å². The predicted molar refractivity (Wildman–Crippen MR) is 87.2 cm³/mol. The lowest BCUT2D eigenvalue weighted by molar-refractivity contribution is -0.126. The van der Waals surface area contributed by atoms with Crippen LogP contribution in [0.1, 0.15) is 71.1 Å². The number of Topliss-reactive ketones (excluding diaryl/α,β-unsaturated/α-hetero) is 1. The molecule has 0 heterocycles. The van der Waals surface area contributed by atoms with Crippen LogP contribution >= 0.6 is 0 Å². The van der Waals surface area contributed by atoms with Gasteiger partial charge in [0.15, 0.2) is 5.78 Å². The predicted octanol–water partition coefficient (Wildman–Crippen LogP) is 4.15. The molecule has 1 atom stereocenters. The molecule has 0 fully saturated rings. The molecule has 0 saturated heterocycles. The second-order valence-electron chi connectivity index (χ2n) is 5.28. The van der Waals surface area contributed by atoms with E-state index >= 15 is 0 Å². The zero-order valence-electron chi connectivity index (χ0n) is 13.3. The molecule has 0 aromatic carbocycles. The second kappa shape index (κ2) is 15.2. The Morgan fingerprint density at radius 3 is 2.38 bits per heavy atom. The fourth-order valence-electron chi connectivity index (χ4n) is 2.03. The molecule has 0 rings (SSSR count). The Hall–Kier alpha value is -1.22. The third-order valence-electron chi connectivity index (χ3n) is 3.33. The van der Waals surface area contributed by atoms with E-state index in [1.807, 2.05) is 12.2 Å². The van der Waals surface area contributed by atoms with Crippen molar-refractivity contribution in [2.45, 2.75) is 77.2 Å². The van der Waals surface area contributed by atoms with Gasteiger partial charge >= 0.3 is 0 Å². The number of aliphatic hydroxyl groups is 1. The number of allylic oxidation sites excluding steroid dienone is 4. The smallest absolute Gasteiger partial charge is 0.164 e. The lowest BCUT2D eigenvalue weighted by atomic mass is 10.0. The molecule has 120 valence electrons. The summed E-state index contributed by atoms with van der Waals surface area (Å²) in [5.41, 5.74) is 0. The van der Waals surface area contributed by atoms with Crippen LogP contribution in [-0.2, 0) is 9.59 Å². The van der Waals surface area contributed by atoms with Crippen LogP contribution in [0.3, 0.4) is 0 Å². The van der Waals surface area contributed by atoms with Gasteiger partial charge in [-0.05, 0) is 25.7 Å². The van der Waals surface area contributed by atoms with E-state index < -0.39 is 6.10 Å². The normalized spacial score (nSPS) is 13.0. The molecule has 1 unspecified atom stereocenters. The van der Waals surface area contributed by atoms with E-state index in [4.69, 9.17) is 0 Å². The lowest BCUT2D eigenvalue weighted by Gasteiger charge is -2.07. The van der Waals surface area contributed by atoms with Crippen molar-refractivity contribution in [1.29, 1.82) is 0 Å². The highest BCUT2D eigenvalue weighted by molar-refractivity contribution is 5.84. The number of rotatable bonds is 14. The average molecular weight is 294 g/mol. The van der Waals surface area contributed by atoms with Gasteiger partial charge < -0.3 is 9.90 Å². The number of unbranched alkanes of at least 4 members (excludes halogenated alkanes) is 5. The number of aldehydes is 1. The molecule has 0 saturated carbocycles. The second-order valence-corrected chi connectivity index (χ2v) is 5.28. The van der Waals surface area contributed by atoms with Crippen LogP contribution in [-0.4, -0.2) is 23.3 Å². The summed E-state index contributed by atoms with van der Waals surface area (Å²) in [5, 5.41) is 9.76. The van der Waals surface area contributed by atoms with E-state index in [1.54, 1.807) is 0 Å². The summed E-state index contributed by atoms with van der Waals surface area (Å²) in [5.74, 6) is -0.0910. The Morgan fingerprint density at radius 2 is 1.67 bits per heavy atom. The highest BCUT2D eigenvalue weighted by Crippen LogP contribution is 2.10. The first-order chi connectivity index (χ1) is 10.2. The van der Waals surface area contributed by atoms with Crippen LogP contribution in [0.2, 0.25) is 0 Å². The number of hydrogen-bond acceptors (Lipinski definition) is 3. The van der Waals surface area contributed by atoms with E-state index in [0.29, 0.717) is 19.3 Å². The number of carbonyl (C=O) groups excluding carboxylic acids is 2. The van der Waals surface area contributed by atoms with Gasteiger partial charge in [-0.1, -0.05) is 56.9 Å². The van der Waals surface area contributed by atoms with Gasteiger partial charge in [0.2, 0.25) is 0 Å². The molecule has 0 radical (unpaired) electrons. The van der Waals surface area contributed by atoms with Crippen LogP contribution < -0.4 is 0 Å². The zero-order valence-corrected chi connectivity index (χ0v) is 13.3. The molecule has 21 heavy (non-hydrogen) atoms. The molecule has 0 amide bonds. The van der Waals surface area contributed by atoms with Gasteiger partial charge in [0, 0.05) is 12.8 Å². The van der Waals surface area contributed by atoms with Gasteiger partial charge in [-0.25, -0.2) is 0 Å². The molecule has 0 aromatic rings. The van der Waals surface area contributed by atoms with Gasteiger partial charge in [0.1, 0.15) is 12.4 Å². The topological polar surface area (TPSA) is 54.4 Å². The SMILES string of the molecule is CC/C=C\C/C=C\CC(=O)C(O)CCCCCCCC=O. The van der Waals surface area contributed by atoms with Crippen LogP contribution in [0.15, 0.2) is 24.3 Å². The number of hydrogen-bond donors (Lipinski definition) is 1. The minimum absolute atomic E-state index is 0.0910. The van der Waals surface area contributed by atoms with Gasteiger partial charge in [-0.3, -0.25) is 4.79 Å². The third kappa shape index (κ3) is 13.5. The Bertz CT molecular complexity index is 318. The minimum Gasteiger partial charge on any atom is -0.385 e. The number of aliphatic hydroxyl groups excluding tert-OH is 1. The van der Waals surface area contributed by atoms with E-state index in [0.717, 1.165) is 51.2 Å². The van der Waals surface area contributed by atoms with Crippen molar-refractivity contribution in [2.75, 3.05) is 0 Å². The van der Waals surface area contributed by atoms with Gasteiger partial charge in [0.25, 0.3) is 0 Å². The molecule has 0 aliphatic rings.